The molecule has 1 aromatic heterocycles. The molecule has 0 radical (unpaired) electrons. The highest BCUT2D eigenvalue weighted by Gasteiger charge is 2.11. The summed E-state index contributed by atoms with van der Waals surface area (Å²) in [4.78, 5) is 16.3. The van der Waals surface area contributed by atoms with Gasteiger partial charge in [0.15, 0.2) is 0 Å². The normalized spacial score (nSPS) is 10.2. The zero-order valence-corrected chi connectivity index (χ0v) is 13.1. The maximum atomic E-state index is 12.3. The summed E-state index contributed by atoms with van der Waals surface area (Å²) in [6.07, 6.45) is 3.19. The van der Waals surface area contributed by atoms with E-state index >= 15 is 0 Å². The molecule has 4 nitrogen and oxygen atoms in total. The van der Waals surface area contributed by atoms with E-state index in [-0.39, 0.29) is 5.91 Å². The lowest BCUT2D eigenvalue weighted by atomic mass is 10.2. The Hall–Kier alpha value is -1.59. The zero-order chi connectivity index (χ0) is 14.5. The van der Waals surface area contributed by atoms with E-state index in [0.717, 1.165) is 16.7 Å². The van der Waals surface area contributed by atoms with Crippen LogP contribution >= 0.6 is 27.5 Å². The van der Waals surface area contributed by atoms with E-state index in [1.807, 2.05) is 6.92 Å². The predicted molar refractivity (Wildman–Crippen MR) is 85.5 cm³/mol. The van der Waals surface area contributed by atoms with Crippen molar-refractivity contribution in [3.05, 3.63) is 51.7 Å². The molecule has 1 aromatic carbocycles. The summed E-state index contributed by atoms with van der Waals surface area (Å²) in [5, 5.41) is 6.54. The number of hydrogen-bond donors (Lipinski definition) is 2. The van der Waals surface area contributed by atoms with E-state index in [0.29, 0.717) is 16.3 Å². The molecule has 104 valence electrons. The van der Waals surface area contributed by atoms with E-state index in [9.17, 15) is 4.79 Å². The van der Waals surface area contributed by atoms with Gasteiger partial charge in [-0.05, 0) is 47.1 Å². The fraction of sp³-hybridized carbons (Fsp3) is 0.143. The van der Waals surface area contributed by atoms with E-state index in [4.69, 9.17) is 11.6 Å². The van der Waals surface area contributed by atoms with Crippen molar-refractivity contribution in [2.24, 2.45) is 0 Å². The quantitative estimate of drug-likeness (QED) is 0.866. The highest BCUT2D eigenvalue weighted by atomic mass is 79.9. The average molecular weight is 355 g/mol. The summed E-state index contributed by atoms with van der Waals surface area (Å²) in [5.41, 5.74) is 1.92. The van der Waals surface area contributed by atoms with Gasteiger partial charge in [-0.25, -0.2) is 0 Å². The molecule has 0 saturated carbocycles. The molecule has 0 aliphatic carbocycles. The number of hydrogen-bond acceptors (Lipinski definition) is 3. The molecular weight excluding hydrogens is 342 g/mol. The molecule has 6 heteroatoms. The van der Waals surface area contributed by atoms with Gasteiger partial charge < -0.3 is 10.6 Å². The summed E-state index contributed by atoms with van der Waals surface area (Å²) in [6, 6.07) is 6.99. The SMILES string of the molecule is CCNc1ccncc1C(=O)Nc1ccc(Cl)c(Br)c1. The van der Waals surface area contributed by atoms with Gasteiger partial charge in [0.25, 0.3) is 5.91 Å². The van der Waals surface area contributed by atoms with Crippen LogP contribution in [0.25, 0.3) is 0 Å². The molecule has 0 unspecified atom stereocenters. The molecule has 2 rings (SSSR count). The number of rotatable bonds is 4. The molecule has 2 aromatic rings. The lowest BCUT2D eigenvalue weighted by Gasteiger charge is -2.11. The minimum atomic E-state index is -0.219. The number of amides is 1. The predicted octanol–water partition coefficient (Wildman–Crippen LogP) is 4.18. The van der Waals surface area contributed by atoms with Crippen LogP contribution in [-0.4, -0.2) is 17.4 Å². The second-order valence-electron chi connectivity index (χ2n) is 4.03. The van der Waals surface area contributed by atoms with Crippen LogP contribution in [0, 0.1) is 0 Å². The van der Waals surface area contributed by atoms with Crippen molar-refractivity contribution in [2.75, 3.05) is 17.2 Å². The third-order valence-corrected chi connectivity index (χ3v) is 3.82. The van der Waals surface area contributed by atoms with Crippen molar-refractivity contribution in [1.29, 1.82) is 0 Å². The van der Waals surface area contributed by atoms with Gasteiger partial charge in [-0.15, -0.1) is 0 Å². The minimum absolute atomic E-state index is 0.219. The number of carbonyl (C=O) groups excluding carboxylic acids is 1. The van der Waals surface area contributed by atoms with Crippen molar-refractivity contribution in [3.8, 4) is 0 Å². The standard InChI is InChI=1S/C14H13BrClN3O/c1-2-18-13-5-6-17-8-10(13)14(20)19-9-3-4-12(16)11(15)7-9/h3-8H,2H2,1H3,(H,17,18)(H,19,20). The molecule has 0 saturated heterocycles. The first-order valence-corrected chi connectivity index (χ1v) is 7.23. The Morgan fingerprint density at radius 2 is 2.20 bits per heavy atom. The van der Waals surface area contributed by atoms with Crippen LogP contribution in [0.2, 0.25) is 5.02 Å². The first kappa shape index (κ1) is 14.8. The molecule has 1 amide bonds. The van der Waals surface area contributed by atoms with Crippen LogP contribution in [0.1, 0.15) is 17.3 Å². The van der Waals surface area contributed by atoms with Crippen LogP contribution in [0.15, 0.2) is 41.1 Å². The monoisotopic (exact) mass is 353 g/mol. The van der Waals surface area contributed by atoms with Gasteiger partial charge in [-0.3, -0.25) is 9.78 Å². The summed E-state index contributed by atoms with van der Waals surface area (Å²) in [6.45, 7) is 2.70. The lowest BCUT2D eigenvalue weighted by molar-refractivity contribution is 0.102. The molecular formula is C14H13BrClN3O. The number of halogens is 2. The van der Waals surface area contributed by atoms with Crippen LogP contribution in [0.5, 0.6) is 0 Å². The Kier molecular flexibility index (Phi) is 4.98. The molecule has 20 heavy (non-hydrogen) atoms. The smallest absolute Gasteiger partial charge is 0.259 e. The lowest BCUT2D eigenvalue weighted by Crippen LogP contribution is -2.15. The Labute approximate surface area is 130 Å². The van der Waals surface area contributed by atoms with Crippen molar-refractivity contribution in [2.45, 2.75) is 6.92 Å². The molecule has 2 N–H and O–H groups in total. The minimum Gasteiger partial charge on any atom is -0.385 e. The highest BCUT2D eigenvalue weighted by molar-refractivity contribution is 9.10. The molecule has 0 atom stereocenters. The fourth-order valence-electron chi connectivity index (χ4n) is 1.69. The van der Waals surface area contributed by atoms with Crippen LogP contribution in [-0.2, 0) is 0 Å². The van der Waals surface area contributed by atoms with Gasteiger partial charge in [-0.1, -0.05) is 11.6 Å². The maximum Gasteiger partial charge on any atom is 0.259 e. The summed E-state index contributed by atoms with van der Waals surface area (Å²) in [7, 11) is 0. The summed E-state index contributed by atoms with van der Waals surface area (Å²) >= 11 is 9.24. The van der Waals surface area contributed by atoms with Crippen LogP contribution in [0.3, 0.4) is 0 Å². The van der Waals surface area contributed by atoms with Crippen molar-refractivity contribution < 1.29 is 4.79 Å². The number of pyridine rings is 1. The van der Waals surface area contributed by atoms with Crippen molar-refractivity contribution in [3.63, 3.8) is 0 Å². The Bertz CT molecular complexity index is 634. The van der Waals surface area contributed by atoms with E-state index in [2.05, 4.69) is 31.5 Å². The fourth-order valence-corrected chi connectivity index (χ4v) is 2.19. The third-order valence-electron chi connectivity index (χ3n) is 2.61. The molecule has 0 bridgehead atoms. The number of anilines is 2. The third kappa shape index (κ3) is 3.49. The first-order valence-electron chi connectivity index (χ1n) is 6.06. The van der Waals surface area contributed by atoms with Crippen molar-refractivity contribution >= 4 is 44.8 Å². The summed E-state index contributed by atoms with van der Waals surface area (Å²) < 4.78 is 0.732. The Morgan fingerprint density at radius 3 is 2.90 bits per heavy atom. The zero-order valence-electron chi connectivity index (χ0n) is 10.8. The second-order valence-corrected chi connectivity index (χ2v) is 5.30. The Balaban J connectivity index is 2.21. The Morgan fingerprint density at radius 1 is 1.40 bits per heavy atom. The van der Waals surface area contributed by atoms with Gasteiger partial charge in [0.1, 0.15) is 0 Å². The molecule has 0 spiro atoms. The molecule has 1 heterocycles. The first-order chi connectivity index (χ1) is 9.61. The van der Waals surface area contributed by atoms with Crippen LogP contribution in [0.4, 0.5) is 11.4 Å². The summed E-state index contributed by atoms with van der Waals surface area (Å²) in [5.74, 6) is -0.219. The average Bonchev–Trinajstić information content (AvgIpc) is 2.44. The molecule has 0 aliphatic heterocycles. The van der Waals surface area contributed by atoms with Gasteiger partial charge in [0.05, 0.1) is 16.3 Å². The van der Waals surface area contributed by atoms with Gasteiger partial charge >= 0.3 is 0 Å². The number of aromatic nitrogens is 1. The van der Waals surface area contributed by atoms with Crippen LogP contribution < -0.4 is 10.6 Å². The number of nitrogens with zero attached hydrogens (tertiary/aromatic N) is 1. The topological polar surface area (TPSA) is 54.0 Å². The van der Waals surface area contributed by atoms with Gasteiger partial charge in [-0.2, -0.15) is 0 Å². The second kappa shape index (κ2) is 6.72. The van der Waals surface area contributed by atoms with E-state index < -0.39 is 0 Å². The van der Waals surface area contributed by atoms with Gasteiger partial charge in [0, 0.05) is 29.1 Å². The maximum absolute atomic E-state index is 12.3. The number of nitrogens with one attached hydrogen (secondary N) is 2. The molecule has 0 fully saturated rings. The number of carbonyl (C=O) groups is 1. The highest BCUT2D eigenvalue weighted by Crippen LogP contribution is 2.26. The van der Waals surface area contributed by atoms with E-state index in [1.165, 1.54) is 6.20 Å². The number of benzene rings is 1. The van der Waals surface area contributed by atoms with Crippen molar-refractivity contribution in [1.82, 2.24) is 4.98 Å². The van der Waals surface area contributed by atoms with Gasteiger partial charge in [0.2, 0.25) is 0 Å². The van der Waals surface area contributed by atoms with E-state index in [1.54, 1.807) is 30.5 Å². The largest absolute Gasteiger partial charge is 0.385 e. The molecule has 0 aliphatic rings.